The van der Waals surface area contributed by atoms with Gasteiger partial charge >= 0.3 is 0 Å². The number of likely N-dealkylation sites (tertiary alicyclic amines) is 1. The second kappa shape index (κ2) is 5.72. The number of nitrogens with zero attached hydrogens (tertiary/aromatic N) is 3. The Balaban J connectivity index is 1.72. The quantitative estimate of drug-likeness (QED) is 0.787. The van der Waals surface area contributed by atoms with Crippen LogP contribution < -0.4 is 0 Å². The first-order valence-corrected chi connectivity index (χ1v) is 7.80. The van der Waals surface area contributed by atoms with Crippen molar-refractivity contribution in [3.63, 3.8) is 0 Å². The van der Waals surface area contributed by atoms with Crippen LogP contribution in [0, 0.1) is 5.82 Å². The minimum atomic E-state index is -0.592. The van der Waals surface area contributed by atoms with E-state index >= 15 is 0 Å². The molecule has 1 aliphatic heterocycles. The zero-order valence-corrected chi connectivity index (χ0v) is 12.8. The molecule has 2 atom stereocenters. The molecule has 0 radical (unpaired) electrons. The average Bonchev–Trinajstić information content (AvgIpc) is 3.21. The zero-order valence-electron chi connectivity index (χ0n) is 12.8. The molecular weight excluding hydrogens is 309 g/mol. The van der Waals surface area contributed by atoms with Crippen molar-refractivity contribution < 1.29 is 14.3 Å². The molecule has 122 valence electrons. The van der Waals surface area contributed by atoms with Gasteiger partial charge in [0.15, 0.2) is 0 Å². The minimum Gasteiger partial charge on any atom is -0.391 e. The molecule has 3 aromatic rings. The molecule has 1 N–H and O–H groups in total. The molecule has 0 saturated carbocycles. The first-order valence-electron chi connectivity index (χ1n) is 7.80. The van der Waals surface area contributed by atoms with E-state index < -0.39 is 6.10 Å². The van der Waals surface area contributed by atoms with Gasteiger partial charge in [0.25, 0.3) is 5.91 Å². The molecule has 0 bridgehead atoms. The third-order valence-corrected chi connectivity index (χ3v) is 4.44. The summed E-state index contributed by atoms with van der Waals surface area (Å²) >= 11 is 0. The van der Waals surface area contributed by atoms with Crippen LogP contribution in [0.3, 0.4) is 0 Å². The molecule has 3 heterocycles. The van der Waals surface area contributed by atoms with E-state index in [1.165, 1.54) is 12.1 Å². The number of aromatic nitrogens is 2. The maximum Gasteiger partial charge on any atom is 0.271 e. The lowest BCUT2D eigenvalue weighted by atomic mass is 10.0. The van der Waals surface area contributed by atoms with Crippen LogP contribution in [0.1, 0.15) is 28.5 Å². The van der Waals surface area contributed by atoms with Gasteiger partial charge in [-0.25, -0.2) is 9.37 Å². The lowest BCUT2D eigenvalue weighted by Gasteiger charge is -2.25. The standard InChI is InChI=1S/C18H16FN3O2/c19-13-6-4-12(5-7-13)16-10-14(23)11-22(16)18(24)15-2-1-3-17-20-8-9-21(15)17/h1-9,14,16,23H,10-11H2/t14-,16-/m1/s1. The summed E-state index contributed by atoms with van der Waals surface area (Å²) in [6.45, 7) is 0.256. The molecule has 0 aliphatic carbocycles. The average molecular weight is 325 g/mol. The van der Waals surface area contributed by atoms with E-state index in [9.17, 15) is 14.3 Å². The Morgan fingerprint density at radius 1 is 1.21 bits per heavy atom. The lowest BCUT2D eigenvalue weighted by Crippen LogP contribution is -2.33. The van der Waals surface area contributed by atoms with E-state index in [0.717, 1.165) is 5.56 Å². The van der Waals surface area contributed by atoms with Crippen LogP contribution in [-0.4, -0.2) is 37.9 Å². The number of aliphatic hydroxyl groups excluding tert-OH is 1. The summed E-state index contributed by atoms with van der Waals surface area (Å²) in [6.07, 6.45) is 3.23. The summed E-state index contributed by atoms with van der Waals surface area (Å²) in [5.41, 5.74) is 2.00. The fourth-order valence-corrected chi connectivity index (χ4v) is 3.31. The number of pyridine rings is 1. The van der Waals surface area contributed by atoms with Gasteiger partial charge in [-0.3, -0.25) is 9.20 Å². The van der Waals surface area contributed by atoms with Crippen LogP contribution in [0.4, 0.5) is 4.39 Å². The molecule has 24 heavy (non-hydrogen) atoms. The number of carbonyl (C=O) groups excluding carboxylic acids is 1. The Morgan fingerprint density at radius 2 is 2.00 bits per heavy atom. The van der Waals surface area contributed by atoms with Crippen molar-refractivity contribution in [2.75, 3.05) is 6.54 Å². The number of imidazole rings is 1. The van der Waals surface area contributed by atoms with Gasteiger partial charge in [-0.2, -0.15) is 0 Å². The fraction of sp³-hybridized carbons (Fsp3) is 0.222. The number of β-amino-alcohol motifs (C(OH)–C–C–N with tert-alkyl or cyclic N) is 1. The molecule has 6 heteroatoms. The van der Waals surface area contributed by atoms with Crippen LogP contribution in [0.25, 0.3) is 5.65 Å². The van der Waals surface area contributed by atoms with Crippen molar-refractivity contribution in [2.45, 2.75) is 18.6 Å². The monoisotopic (exact) mass is 325 g/mol. The summed E-state index contributed by atoms with van der Waals surface area (Å²) in [5, 5.41) is 10.1. The van der Waals surface area contributed by atoms with Crippen LogP contribution >= 0.6 is 0 Å². The lowest BCUT2D eigenvalue weighted by molar-refractivity contribution is 0.0708. The molecule has 1 aromatic carbocycles. The largest absolute Gasteiger partial charge is 0.391 e. The van der Waals surface area contributed by atoms with E-state index in [1.807, 2.05) is 6.07 Å². The van der Waals surface area contributed by atoms with Gasteiger partial charge in [0.1, 0.15) is 17.2 Å². The van der Waals surface area contributed by atoms with E-state index in [-0.39, 0.29) is 24.3 Å². The molecule has 2 aromatic heterocycles. The fourth-order valence-electron chi connectivity index (χ4n) is 3.31. The maximum absolute atomic E-state index is 13.2. The predicted octanol–water partition coefficient (Wildman–Crippen LogP) is 2.42. The molecule has 4 rings (SSSR count). The summed E-state index contributed by atoms with van der Waals surface area (Å²) < 4.78 is 14.9. The molecule has 1 fully saturated rings. The number of hydrogen-bond donors (Lipinski definition) is 1. The highest BCUT2D eigenvalue weighted by Crippen LogP contribution is 2.33. The van der Waals surface area contributed by atoms with Crippen LogP contribution in [0.2, 0.25) is 0 Å². The molecule has 1 saturated heterocycles. The summed E-state index contributed by atoms with van der Waals surface area (Å²) in [5.74, 6) is -0.497. The molecule has 1 aliphatic rings. The van der Waals surface area contributed by atoms with Crippen molar-refractivity contribution in [3.8, 4) is 0 Å². The van der Waals surface area contributed by atoms with Gasteiger partial charge in [-0.05, 0) is 36.2 Å². The van der Waals surface area contributed by atoms with Gasteiger partial charge in [-0.1, -0.05) is 18.2 Å². The summed E-state index contributed by atoms with van der Waals surface area (Å²) in [6, 6.07) is 11.2. The Kier molecular flexibility index (Phi) is 3.54. The highest BCUT2D eigenvalue weighted by molar-refractivity contribution is 5.93. The van der Waals surface area contributed by atoms with E-state index in [0.29, 0.717) is 17.8 Å². The molecule has 0 unspecified atom stereocenters. The smallest absolute Gasteiger partial charge is 0.271 e. The van der Waals surface area contributed by atoms with Crippen molar-refractivity contribution >= 4 is 11.6 Å². The number of benzene rings is 1. The Bertz CT molecular complexity index is 891. The first-order chi connectivity index (χ1) is 11.6. The van der Waals surface area contributed by atoms with Crippen LogP contribution in [0.5, 0.6) is 0 Å². The van der Waals surface area contributed by atoms with E-state index in [4.69, 9.17) is 0 Å². The Labute approximate surface area is 138 Å². The number of rotatable bonds is 2. The number of fused-ring (bicyclic) bond motifs is 1. The number of carbonyl (C=O) groups is 1. The van der Waals surface area contributed by atoms with E-state index in [1.54, 1.807) is 46.0 Å². The second-order valence-electron chi connectivity index (χ2n) is 5.98. The molecular formula is C18H16FN3O2. The van der Waals surface area contributed by atoms with Gasteiger partial charge in [-0.15, -0.1) is 0 Å². The minimum absolute atomic E-state index is 0.176. The Hall–Kier alpha value is -2.73. The summed E-state index contributed by atoms with van der Waals surface area (Å²) in [7, 11) is 0. The number of amides is 1. The SMILES string of the molecule is O=C(c1cccc2nccn12)N1C[C@H](O)C[C@@H]1c1ccc(F)cc1. The predicted molar refractivity (Wildman–Crippen MR) is 86.0 cm³/mol. The van der Waals surface area contributed by atoms with Crippen molar-refractivity contribution in [1.82, 2.24) is 14.3 Å². The molecule has 0 spiro atoms. The highest BCUT2D eigenvalue weighted by Gasteiger charge is 2.36. The van der Waals surface area contributed by atoms with Gasteiger partial charge in [0, 0.05) is 18.9 Å². The van der Waals surface area contributed by atoms with Gasteiger partial charge in [0.05, 0.1) is 12.1 Å². The third kappa shape index (κ3) is 2.45. The van der Waals surface area contributed by atoms with Crippen LogP contribution in [0.15, 0.2) is 54.9 Å². The molecule has 1 amide bonds. The van der Waals surface area contributed by atoms with Crippen molar-refractivity contribution in [2.24, 2.45) is 0 Å². The van der Waals surface area contributed by atoms with Crippen LogP contribution in [-0.2, 0) is 0 Å². The van der Waals surface area contributed by atoms with E-state index in [2.05, 4.69) is 4.98 Å². The van der Waals surface area contributed by atoms with Crippen molar-refractivity contribution in [3.05, 3.63) is 71.9 Å². The third-order valence-electron chi connectivity index (χ3n) is 4.44. The van der Waals surface area contributed by atoms with Crippen molar-refractivity contribution in [1.29, 1.82) is 0 Å². The Morgan fingerprint density at radius 3 is 2.79 bits per heavy atom. The number of halogens is 1. The molecule has 5 nitrogen and oxygen atoms in total. The summed E-state index contributed by atoms with van der Waals surface area (Å²) in [4.78, 5) is 18.9. The highest BCUT2D eigenvalue weighted by atomic mass is 19.1. The van der Waals surface area contributed by atoms with Gasteiger partial charge < -0.3 is 10.0 Å². The van der Waals surface area contributed by atoms with Gasteiger partial charge in [0.2, 0.25) is 0 Å². The normalized spacial score (nSPS) is 20.7. The zero-order chi connectivity index (χ0) is 16.7. The second-order valence-corrected chi connectivity index (χ2v) is 5.98. The number of aliphatic hydroxyl groups is 1. The number of hydrogen-bond acceptors (Lipinski definition) is 3. The maximum atomic E-state index is 13.2. The first kappa shape index (κ1) is 14.8. The topological polar surface area (TPSA) is 57.8 Å².